The summed E-state index contributed by atoms with van der Waals surface area (Å²) in [5.41, 5.74) is 0.206. The first-order valence-corrected chi connectivity index (χ1v) is 6.94. The maximum atomic E-state index is 6.15. The van der Waals surface area contributed by atoms with Gasteiger partial charge in [-0.05, 0) is 45.4 Å². The summed E-state index contributed by atoms with van der Waals surface area (Å²) >= 11 is 0. The molecule has 2 nitrogen and oxygen atoms in total. The molecule has 0 radical (unpaired) electrons. The molecule has 0 N–H and O–H groups in total. The van der Waals surface area contributed by atoms with Crippen molar-refractivity contribution in [2.75, 3.05) is 13.2 Å². The molecule has 2 heteroatoms. The minimum absolute atomic E-state index is 0.206. The van der Waals surface area contributed by atoms with Crippen LogP contribution in [0.15, 0.2) is 0 Å². The Morgan fingerprint density at radius 2 is 1.94 bits per heavy atom. The minimum Gasteiger partial charge on any atom is -0.374 e. The molecule has 0 aromatic heterocycles. The second-order valence-corrected chi connectivity index (χ2v) is 6.27. The van der Waals surface area contributed by atoms with Gasteiger partial charge in [0.05, 0.1) is 5.60 Å². The third kappa shape index (κ3) is 2.28. The highest BCUT2D eigenvalue weighted by Crippen LogP contribution is 2.40. The van der Waals surface area contributed by atoms with E-state index in [-0.39, 0.29) is 5.60 Å². The zero-order chi connectivity index (χ0) is 11.8. The van der Waals surface area contributed by atoms with E-state index < -0.39 is 0 Å². The molecular weight excluding hydrogens is 198 g/mol. The highest BCUT2D eigenvalue weighted by molar-refractivity contribution is 5.00. The SMILES string of the molecule is CC(C)C1CC2(CCCCO2)CN1C(C)C. The molecule has 2 unspecified atom stereocenters. The summed E-state index contributed by atoms with van der Waals surface area (Å²) in [6.07, 6.45) is 5.15. The van der Waals surface area contributed by atoms with E-state index in [9.17, 15) is 0 Å². The largest absolute Gasteiger partial charge is 0.374 e. The molecule has 0 saturated carbocycles. The van der Waals surface area contributed by atoms with E-state index in [1.807, 2.05) is 0 Å². The Kier molecular flexibility index (Phi) is 3.60. The van der Waals surface area contributed by atoms with Crippen molar-refractivity contribution in [3.05, 3.63) is 0 Å². The van der Waals surface area contributed by atoms with Gasteiger partial charge in [0.15, 0.2) is 0 Å². The Morgan fingerprint density at radius 3 is 2.38 bits per heavy atom. The number of nitrogens with zero attached hydrogens (tertiary/aromatic N) is 1. The maximum absolute atomic E-state index is 6.15. The van der Waals surface area contributed by atoms with E-state index in [0.717, 1.165) is 25.1 Å². The second-order valence-electron chi connectivity index (χ2n) is 6.27. The lowest BCUT2D eigenvalue weighted by Crippen LogP contribution is -2.41. The topological polar surface area (TPSA) is 12.5 Å². The normalized spacial score (nSPS) is 36.8. The summed E-state index contributed by atoms with van der Waals surface area (Å²) in [6, 6.07) is 1.37. The van der Waals surface area contributed by atoms with Gasteiger partial charge in [-0.1, -0.05) is 13.8 Å². The Morgan fingerprint density at radius 1 is 1.19 bits per heavy atom. The van der Waals surface area contributed by atoms with E-state index >= 15 is 0 Å². The number of ether oxygens (including phenoxy) is 1. The Balaban J connectivity index is 2.10. The van der Waals surface area contributed by atoms with Crippen LogP contribution in [0.1, 0.15) is 53.4 Å². The first kappa shape index (κ1) is 12.4. The summed E-state index contributed by atoms with van der Waals surface area (Å²) in [4.78, 5) is 2.66. The summed E-state index contributed by atoms with van der Waals surface area (Å²) in [5.74, 6) is 0.743. The Labute approximate surface area is 100 Å². The molecule has 2 aliphatic heterocycles. The van der Waals surface area contributed by atoms with Gasteiger partial charge in [0, 0.05) is 25.2 Å². The first-order valence-electron chi connectivity index (χ1n) is 6.94. The van der Waals surface area contributed by atoms with Gasteiger partial charge in [-0.25, -0.2) is 0 Å². The predicted octanol–water partition coefficient (Wildman–Crippen LogP) is 3.06. The summed E-state index contributed by atoms with van der Waals surface area (Å²) in [5, 5.41) is 0. The minimum atomic E-state index is 0.206. The molecule has 2 aliphatic rings. The molecule has 0 aromatic carbocycles. The first-order chi connectivity index (χ1) is 7.54. The van der Waals surface area contributed by atoms with Crippen LogP contribution in [0.3, 0.4) is 0 Å². The summed E-state index contributed by atoms with van der Waals surface area (Å²) in [6.45, 7) is 11.5. The fourth-order valence-electron chi connectivity index (χ4n) is 3.39. The quantitative estimate of drug-likeness (QED) is 0.716. The fraction of sp³-hybridized carbons (Fsp3) is 1.00. The van der Waals surface area contributed by atoms with Gasteiger partial charge in [-0.3, -0.25) is 4.90 Å². The molecule has 2 rings (SSSR count). The van der Waals surface area contributed by atoms with Crippen molar-refractivity contribution in [1.82, 2.24) is 4.90 Å². The fourth-order valence-corrected chi connectivity index (χ4v) is 3.39. The van der Waals surface area contributed by atoms with E-state index in [4.69, 9.17) is 4.74 Å². The number of rotatable bonds is 2. The Bertz CT molecular complexity index is 213. The molecule has 1 spiro atoms. The van der Waals surface area contributed by atoms with Crippen molar-refractivity contribution in [1.29, 1.82) is 0 Å². The van der Waals surface area contributed by atoms with Crippen LogP contribution in [-0.4, -0.2) is 35.7 Å². The number of hydrogen-bond acceptors (Lipinski definition) is 2. The molecule has 0 amide bonds. The van der Waals surface area contributed by atoms with Crippen LogP contribution < -0.4 is 0 Å². The molecule has 2 fully saturated rings. The van der Waals surface area contributed by atoms with E-state index in [1.165, 1.54) is 25.7 Å². The van der Waals surface area contributed by atoms with Crippen LogP contribution in [-0.2, 0) is 4.74 Å². The van der Waals surface area contributed by atoms with Crippen molar-refractivity contribution in [3.8, 4) is 0 Å². The van der Waals surface area contributed by atoms with E-state index in [0.29, 0.717) is 6.04 Å². The molecule has 2 saturated heterocycles. The van der Waals surface area contributed by atoms with Crippen LogP contribution in [0, 0.1) is 5.92 Å². The van der Waals surface area contributed by atoms with Crippen LogP contribution in [0.4, 0.5) is 0 Å². The predicted molar refractivity (Wildman–Crippen MR) is 67.6 cm³/mol. The van der Waals surface area contributed by atoms with Gasteiger partial charge in [0.1, 0.15) is 0 Å². The Hall–Kier alpha value is -0.0800. The third-order valence-electron chi connectivity index (χ3n) is 4.35. The maximum Gasteiger partial charge on any atom is 0.0824 e. The van der Waals surface area contributed by atoms with Gasteiger partial charge in [-0.15, -0.1) is 0 Å². The smallest absolute Gasteiger partial charge is 0.0824 e. The number of likely N-dealkylation sites (tertiary alicyclic amines) is 1. The molecule has 2 atom stereocenters. The van der Waals surface area contributed by atoms with Gasteiger partial charge < -0.3 is 4.74 Å². The third-order valence-corrected chi connectivity index (χ3v) is 4.35. The standard InChI is InChI=1S/C14H27NO/c1-11(2)13-9-14(7-5-6-8-16-14)10-15(13)12(3)4/h11-13H,5-10H2,1-4H3. The van der Waals surface area contributed by atoms with Crippen LogP contribution in [0.5, 0.6) is 0 Å². The zero-order valence-corrected chi connectivity index (χ0v) is 11.3. The van der Waals surface area contributed by atoms with Crippen LogP contribution in [0.25, 0.3) is 0 Å². The molecule has 0 bridgehead atoms. The van der Waals surface area contributed by atoms with Crippen LogP contribution >= 0.6 is 0 Å². The van der Waals surface area contributed by atoms with Gasteiger partial charge >= 0.3 is 0 Å². The lowest BCUT2D eigenvalue weighted by molar-refractivity contribution is -0.0711. The second kappa shape index (κ2) is 4.66. The van der Waals surface area contributed by atoms with Gasteiger partial charge in [0.2, 0.25) is 0 Å². The van der Waals surface area contributed by atoms with Crippen molar-refractivity contribution in [2.24, 2.45) is 5.92 Å². The van der Waals surface area contributed by atoms with Gasteiger partial charge in [-0.2, -0.15) is 0 Å². The van der Waals surface area contributed by atoms with Crippen molar-refractivity contribution in [3.63, 3.8) is 0 Å². The lowest BCUT2D eigenvalue weighted by Gasteiger charge is -2.34. The molecule has 2 heterocycles. The summed E-state index contributed by atoms with van der Waals surface area (Å²) < 4.78 is 6.15. The van der Waals surface area contributed by atoms with Crippen molar-refractivity contribution in [2.45, 2.75) is 71.1 Å². The lowest BCUT2D eigenvalue weighted by atomic mass is 9.88. The van der Waals surface area contributed by atoms with E-state index in [1.54, 1.807) is 0 Å². The number of hydrogen-bond donors (Lipinski definition) is 0. The zero-order valence-electron chi connectivity index (χ0n) is 11.3. The van der Waals surface area contributed by atoms with E-state index in [2.05, 4.69) is 32.6 Å². The summed E-state index contributed by atoms with van der Waals surface area (Å²) in [7, 11) is 0. The van der Waals surface area contributed by atoms with Gasteiger partial charge in [0.25, 0.3) is 0 Å². The van der Waals surface area contributed by atoms with Crippen LogP contribution in [0.2, 0.25) is 0 Å². The average molecular weight is 225 g/mol. The molecule has 16 heavy (non-hydrogen) atoms. The monoisotopic (exact) mass is 225 g/mol. The van der Waals surface area contributed by atoms with Crippen molar-refractivity contribution >= 4 is 0 Å². The van der Waals surface area contributed by atoms with Crippen molar-refractivity contribution < 1.29 is 4.74 Å². The highest BCUT2D eigenvalue weighted by atomic mass is 16.5. The average Bonchev–Trinajstić information content (AvgIpc) is 2.59. The molecular formula is C14H27NO. The highest BCUT2D eigenvalue weighted by Gasteiger charge is 2.47. The molecule has 94 valence electrons. The molecule has 0 aliphatic carbocycles. The molecule has 0 aromatic rings.